The highest BCUT2D eigenvalue weighted by Crippen LogP contribution is 2.29. The molecule has 0 aliphatic carbocycles. The molecule has 70 valence electrons. The normalized spacial score (nSPS) is 36.2. The fourth-order valence-electron chi connectivity index (χ4n) is 1.84. The Morgan fingerprint density at radius 2 is 2.62 bits per heavy atom. The van der Waals surface area contributed by atoms with Crippen LogP contribution in [0.3, 0.4) is 0 Å². The Kier molecular flexibility index (Phi) is 1.37. The lowest BCUT2D eigenvalue weighted by Gasteiger charge is -2.21. The van der Waals surface area contributed by atoms with Crippen LogP contribution >= 0.6 is 0 Å². The molecular weight excluding hydrogens is 172 g/mol. The van der Waals surface area contributed by atoms with Crippen molar-refractivity contribution in [2.75, 3.05) is 13.6 Å². The summed E-state index contributed by atoms with van der Waals surface area (Å²) < 4.78 is 0. The van der Waals surface area contributed by atoms with Crippen molar-refractivity contribution >= 4 is 18.0 Å². The molecule has 0 saturated carbocycles. The summed E-state index contributed by atoms with van der Waals surface area (Å²) in [6.45, 7) is 0.484. The van der Waals surface area contributed by atoms with Crippen molar-refractivity contribution in [1.82, 2.24) is 10.3 Å². The fourth-order valence-corrected chi connectivity index (χ4v) is 1.84. The van der Waals surface area contributed by atoms with Crippen LogP contribution in [0.2, 0.25) is 0 Å². The fraction of sp³-hybridized carbons (Fsp3) is 0.571. The van der Waals surface area contributed by atoms with Crippen molar-refractivity contribution in [2.45, 2.75) is 5.54 Å². The number of nitrogens with one attached hydrogen (secondary N) is 1. The molecule has 6 heteroatoms. The smallest absolute Gasteiger partial charge is 0.260 e. The van der Waals surface area contributed by atoms with E-state index in [0.29, 0.717) is 6.54 Å². The van der Waals surface area contributed by atoms with Crippen molar-refractivity contribution in [3.8, 4) is 0 Å². The molecule has 6 nitrogen and oxygen atoms in total. The molecule has 13 heavy (non-hydrogen) atoms. The first-order valence-corrected chi connectivity index (χ1v) is 3.95. The minimum Gasteiger partial charge on any atom is -0.367 e. The van der Waals surface area contributed by atoms with Crippen LogP contribution in [0.15, 0.2) is 5.10 Å². The van der Waals surface area contributed by atoms with Gasteiger partial charge in [-0.15, -0.1) is 0 Å². The Morgan fingerprint density at radius 1 is 1.92 bits per heavy atom. The van der Waals surface area contributed by atoms with E-state index in [1.807, 2.05) is 0 Å². The van der Waals surface area contributed by atoms with Gasteiger partial charge >= 0.3 is 0 Å². The van der Waals surface area contributed by atoms with Crippen molar-refractivity contribution in [3.63, 3.8) is 0 Å². The number of amides is 2. The molecule has 0 aromatic carbocycles. The molecule has 2 aliphatic rings. The summed E-state index contributed by atoms with van der Waals surface area (Å²) in [4.78, 5) is 24.3. The molecule has 0 radical (unpaired) electrons. The van der Waals surface area contributed by atoms with Crippen LogP contribution in [0.5, 0.6) is 0 Å². The zero-order chi connectivity index (χ0) is 9.64. The number of hydrogen-bond acceptors (Lipinski definition) is 4. The molecule has 0 spiro atoms. The van der Waals surface area contributed by atoms with Gasteiger partial charge < -0.3 is 10.6 Å². The third-order valence-corrected chi connectivity index (χ3v) is 2.59. The van der Waals surface area contributed by atoms with Gasteiger partial charge in [0.25, 0.3) is 11.8 Å². The van der Waals surface area contributed by atoms with Crippen molar-refractivity contribution < 1.29 is 9.59 Å². The van der Waals surface area contributed by atoms with E-state index in [4.69, 9.17) is 5.73 Å². The molecule has 3 N–H and O–H groups in total. The zero-order valence-electron chi connectivity index (χ0n) is 7.15. The predicted octanol–water partition coefficient (Wildman–Crippen LogP) is -2.11. The van der Waals surface area contributed by atoms with Gasteiger partial charge in [-0.05, 0) is 0 Å². The van der Waals surface area contributed by atoms with Crippen molar-refractivity contribution in [3.05, 3.63) is 0 Å². The second-order valence-electron chi connectivity index (χ2n) is 3.35. The number of nitrogens with zero attached hydrogens (tertiary/aromatic N) is 2. The summed E-state index contributed by atoms with van der Waals surface area (Å²) in [5.41, 5.74) is 6.40. The highest BCUT2D eigenvalue weighted by Gasteiger charge is 2.59. The first-order valence-electron chi connectivity index (χ1n) is 3.95. The second-order valence-corrected chi connectivity index (χ2v) is 3.35. The van der Waals surface area contributed by atoms with E-state index in [-0.39, 0.29) is 11.8 Å². The molecule has 2 unspecified atom stereocenters. The van der Waals surface area contributed by atoms with Crippen molar-refractivity contribution in [1.29, 1.82) is 0 Å². The maximum absolute atomic E-state index is 11.6. The minimum absolute atomic E-state index is 0.234. The van der Waals surface area contributed by atoms with Gasteiger partial charge in [-0.2, -0.15) is 5.10 Å². The Morgan fingerprint density at radius 3 is 3.15 bits per heavy atom. The molecule has 0 bridgehead atoms. The highest BCUT2D eigenvalue weighted by atomic mass is 16.2. The SMILES string of the molecule is CN1CC2C=NNC2(C(N)=O)C1=O. The summed E-state index contributed by atoms with van der Waals surface area (Å²) in [6, 6.07) is 0. The molecule has 0 aromatic heterocycles. The lowest BCUT2D eigenvalue weighted by Crippen LogP contribution is -2.59. The third kappa shape index (κ3) is 0.746. The number of primary amides is 1. The van der Waals surface area contributed by atoms with Crippen LogP contribution in [0.25, 0.3) is 0 Å². The van der Waals surface area contributed by atoms with Crippen LogP contribution < -0.4 is 11.2 Å². The van der Waals surface area contributed by atoms with Gasteiger partial charge in [-0.25, -0.2) is 0 Å². The van der Waals surface area contributed by atoms with E-state index < -0.39 is 11.4 Å². The summed E-state index contributed by atoms with van der Waals surface area (Å²) in [7, 11) is 1.64. The summed E-state index contributed by atoms with van der Waals surface area (Å²) in [6.07, 6.45) is 1.56. The highest BCUT2D eigenvalue weighted by molar-refractivity contribution is 6.14. The van der Waals surface area contributed by atoms with Crippen LogP contribution in [0, 0.1) is 5.92 Å². The number of hydrazone groups is 1. The zero-order valence-corrected chi connectivity index (χ0v) is 7.15. The number of carbonyl (C=O) groups excluding carboxylic acids is 2. The van der Waals surface area contributed by atoms with Crippen LogP contribution in [-0.4, -0.2) is 42.1 Å². The number of nitrogens with two attached hydrogens (primary N) is 1. The van der Waals surface area contributed by atoms with Gasteiger partial charge in [0.2, 0.25) is 5.54 Å². The van der Waals surface area contributed by atoms with E-state index in [9.17, 15) is 9.59 Å². The maximum atomic E-state index is 11.6. The van der Waals surface area contributed by atoms with Crippen LogP contribution in [-0.2, 0) is 9.59 Å². The summed E-state index contributed by atoms with van der Waals surface area (Å²) in [5.74, 6) is -1.20. The summed E-state index contributed by atoms with van der Waals surface area (Å²) >= 11 is 0. The first-order chi connectivity index (χ1) is 6.09. The van der Waals surface area contributed by atoms with Crippen LogP contribution in [0.1, 0.15) is 0 Å². The molecule has 2 aliphatic heterocycles. The Labute approximate surface area is 74.8 Å². The quantitative estimate of drug-likeness (QED) is 0.455. The average Bonchev–Trinajstić information content (AvgIpc) is 2.55. The first kappa shape index (κ1) is 8.03. The molecule has 2 rings (SSSR count). The van der Waals surface area contributed by atoms with Crippen molar-refractivity contribution in [2.24, 2.45) is 16.8 Å². The van der Waals surface area contributed by atoms with E-state index in [1.54, 1.807) is 13.3 Å². The third-order valence-electron chi connectivity index (χ3n) is 2.59. The van der Waals surface area contributed by atoms with E-state index in [2.05, 4.69) is 10.5 Å². The lowest BCUT2D eigenvalue weighted by atomic mass is 9.88. The van der Waals surface area contributed by atoms with E-state index >= 15 is 0 Å². The van der Waals surface area contributed by atoms with Gasteiger partial charge in [-0.3, -0.25) is 15.0 Å². The van der Waals surface area contributed by atoms with Gasteiger partial charge in [-0.1, -0.05) is 0 Å². The van der Waals surface area contributed by atoms with E-state index in [1.165, 1.54) is 4.90 Å². The number of rotatable bonds is 1. The molecule has 2 heterocycles. The second kappa shape index (κ2) is 2.21. The number of likely N-dealkylation sites (N-methyl/N-ethyl adjacent to an activating group) is 1. The number of likely N-dealkylation sites (tertiary alicyclic amines) is 1. The van der Waals surface area contributed by atoms with E-state index in [0.717, 1.165) is 0 Å². The standard InChI is InChI=1S/C7H10N4O2/c1-11-3-4-2-9-10-7(4,5(8)12)6(11)13/h2,4,10H,3H2,1H3,(H2,8,12). The lowest BCUT2D eigenvalue weighted by molar-refractivity contribution is -0.139. The Bertz CT molecular complexity index is 314. The number of carbonyl (C=O) groups is 2. The molecule has 0 aromatic rings. The van der Waals surface area contributed by atoms with Gasteiger partial charge in [0.15, 0.2) is 0 Å². The molecular formula is C7H10N4O2. The number of hydrogen-bond donors (Lipinski definition) is 2. The molecule has 1 fully saturated rings. The Balaban J connectivity index is 2.44. The van der Waals surface area contributed by atoms with Gasteiger partial charge in [0, 0.05) is 19.8 Å². The van der Waals surface area contributed by atoms with Gasteiger partial charge in [0.05, 0.1) is 5.92 Å². The molecule has 2 atom stereocenters. The maximum Gasteiger partial charge on any atom is 0.260 e. The Hall–Kier alpha value is -1.59. The van der Waals surface area contributed by atoms with Gasteiger partial charge in [0.1, 0.15) is 0 Å². The molecule has 1 saturated heterocycles. The topological polar surface area (TPSA) is 87.8 Å². The number of fused-ring (bicyclic) bond motifs is 1. The largest absolute Gasteiger partial charge is 0.367 e. The van der Waals surface area contributed by atoms with Crippen LogP contribution in [0.4, 0.5) is 0 Å². The minimum atomic E-state index is -1.31. The average molecular weight is 182 g/mol. The monoisotopic (exact) mass is 182 g/mol. The summed E-state index contributed by atoms with van der Waals surface area (Å²) in [5, 5.41) is 3.72. The molecule has 2 amide bonds. The predicted molar refractivity (Wildman–Crippen MR) is 44.7 cm³/mol.